The first kappa shape index (κ1) is 32.2. The topological polar surface area (TPSA) is 55.8 Å². The second kappa shape index (κ2) is 13.0. The van der Waals surface area contributed by atoms with Gasteiger partial charge in [0, 0.05) is 12.5 Å². The molecule has 0 bridgehead atoms. The van der Waals surface area contributed by atoms with Crippen LogP contribution in [0, 0.1) is 52.3 Å². The molecule has 0 aromatic heterocycles. The van der Waals surface area contributed by atoms with Gasteiger partial charge in [-0.1, -0.05) is 72.1 Å². The van der Waals surface area contributed by atoms with Crippen LogP contribution in [0.25, 0.3) is 6.08 Å². The van der Waals surface area contributed by atoms with Crippen LogP contribution in [0.2, 0.25) is 0 Å². The number of methoxy groups -OCH3 is 1. The van der Waals surface area contributed by atoms with Crippen molar-refractivity contribution in [3.63, 3.8) is 0 Å². The largest absolute Gasteiger partial charge is 0.504 e. The number of allylic oxidation sites excluding steroid dienone is 1. The molecule has 4 heteroatoms. The van der Waals surface area contributed by atoms with Crippen LogP contribution in [0.5, 0.6) is 11.5 Å². The normalized spacial score (nSPS) is 35.1. The van der Waals surface area contributed by atoms with Crippen molar-refractivity contribution in [1.82, 2.24) is 0 Å². The van der Waals surface area contributed by atoms with Gasteiger partial charge >= 0.3 is 5.97 Å². The Morgan fingerprint density at radius 1 is 1.07 bits per heavy atom. The van der Waals surface area contributed by atoms with Gasteiger partial charge in [-0.15, -0.1) is 0 Å². The fraction of sp³-hybridized carbons (Fsp3) is 0.718. The van der Waals surface area contributed by atoms with Crippen molar-refractivity contribution >= 4 is 12.0 Å². The molecule has 3 saturated carbocycles. The lowest BCUT2D eigenvalue weighted by Gasteiger charge is -2.58. The maximum absolute atomic E-state index is 12.7. The number of hydrogen-bond acceptors (Lipinski definition) is 4. The fourth-order valence-corrected chi connectivity index (χ4v) is 10.6. The van der Waals surface area contributed by atoms with E-state index in [4.69, 9.17) is 9.47 Å². The molecule has 4 aliphatic rings. The summed E-state index contributed by atoms with van der Waals surface area (Å²) in [5.74, 6) is 6.01. The molecular formula is C39H58O4. The molecule has 0 heterocycles. The predicted molar refractivity (Wildman–Crippen MR) is 176 cm³/mol. The second-order valence-corrected chi connectivity index (χ2v) is 15.5. The third-order valence-electron chi connectivity index (χ3n) is 13.2. The zero-order chi connectivity index (χ0) is 30.9. The van der Waals surface area contributed by atoms with E-state index >= 15 is 0 Å². The zero-order valence-electron chi connectivity index (χ0n) is 28.0. The molecule has 1 aromatic carbocycles. The molecule has 5 rings (SSSR count). The number of rotatable bonds is 10. The average molecular weight is 591 g/mol. The van der Waals surface area contributed by atoms with Crippen molar-refractivity contribution in [2.24, 2.45) is 52.3 Å². The van der Waals surface area contributed by atoms with E-state index in [-0.39, 0.29) is 23.2 Å². The predicted octanol–water partition coefficient (Wildman–Crippen LogP) is 10.0. The lowest BCUT2D eigenvalue weighted by atomic mass is 9.47. The first-order valence-corrected chi connectivity index (χ1v) is 17.4. The summed E-state index contributed by atoms with van der Waals surface area (Å²) < 4.78 is 11.1. The highest BCUT2D eigenvalue weighted by molar-refractivity contribution is 5.87. The van der Waals surface area contributed by atoms with Crippen LogP contribution in [0.15, 0.2) is 35.9 Å². The summed E-state index contributed by atoms with van der Waals surface area (Å²) in [6.45, 7) is 15.0. The van der Waals surface area contributed by atoms with Gasteiger partial charge in [0.15, 0.2) is 11.5 Å². The Kier molecular flexibility index (Phi) is 9.74. The van der Waals surface area contributed by atoms with E-state index in [9.17, 15) is 9.90 Å². The number of ether oxygens (including phenoxy) is 2. The van der Waals surface area contributed by atoms with Gasteiger partial charge in [0.1, 0.15) is 6.10 Å². The van der Waals surface area contributed by atoms with Crippen LogP contribution in [-0.4, -0.2) is 24.3 Å². The Bertz CT molecular complexity index is 1200. The molecule has 9 atom stereocenters. The Balaban J connectivity index is 1.20. The van der Waals surface area contributed by atoms with Crippen LogP contribution < -0.4 is 4.74 Å². The molecule has 1 aromatic rings. The van der Waals surface area contributed by atoms with Crippen LogP contribution >= 0.6 is 0 Å². The van der Waals surface area contributed by atoms with Crippen molar-refractivity contribution in [3.05, 3.63) is 41.5 Å². The number of fused-ring (bicyclic) bond motifs is 5. The number of carbonyl (C=O) groups is 1. The highest BCUT2D eigenvalue weighted by atomic mass is 16.5. The minimum atomic E-state index is -0.298. The van der Waals surface area contributed by atoms with E-state index in [2.05, 4.69) is 47.6 Å². The standard InChI is InChI=1S/C39H58O4/c1-8-28(25(2)3)12-9-26(4)32-15-16-33-31-14-13-29-24-30(19-21-38(29,5)34(31)20-22-39(32,33)6)43-37(41)18-11-27-10-17-35(40)36(23-27)42-7/h10-11,13,17-18,23,25-26,28,30-34,40H,8-9,12,14-16,19-22,24H2,1-7H3/b18-11-/t26-,28+,30-,31+,32-,33+,34+,38+,39-/m1/s1. The van der Waals surface area contributed by atoms with Crippen molar-refractivity contribution in [1.29, 1.82) is 0 Å². The lowest BCUT2D eigenvalue weighted by molar-refractivity contribution is -0.145. The van der Waals surface area contributed by atoms with Crippen LogP contribution in [-0.2, 0) is 9.53 Å². The molecular weight excluding hydrogens is 532 g/mol. The van der Waals surface area contributed by atoms with E-state index < -0.39 is 0 Å². The Labute approximate surface area is 261 Å². The summed E-state index contributed by atoms with van der Waals surface area (Å²) in [6, 6.07) is 5.05. The molecule has 4 nitrogen and oxygen atoms in total. The molecule has 4 aliphatic carbocycles. The molecule has 1 N–H and O–H groups in total. The molecule has 0 amide bonds. The fourth-order valence-electron chi connectivity index (χ4n) is 10.6. The third-order valence-corrected chi connectivity index (χ3v) is 13.2. The van der Waals surface area contributed by atoms with Gasteiger partial charge in [0.25, 0.3) is 0 Å². The molecule has 3 fully saturated rings. The number of benzene rings is 1. The summed E-state index contributed by atoms with van der Waals surface area (Å²) in [5.41, 5.74) is 3.09. The maximum atomic E-state index is 12.7. The summed E-state index contributed by atoms with van der Waals surface area (Å²) in [7, 11) is 1.52. The van der Waals surface area contributed by atoms with Crippen molar-refractivity contribution < 1.29 is 19.4 Å². The van der Waals surface area contributed by atoms with Crippen LogP contribution in [0.3, 0.4) is 0 Å². The van der Waals surface area contributed by atoms with Gasteiger partial charge in [-0.2, -0.15) is 0 Å². The van der Waals surface area contributed by atoms with Crippen molar-refractivity contribution in [3.8, 4) is 11.5 Å². The average Bonchev–Trinajstić information content (AvgIpc) is 3.34. The smallest absolute Gasteiger partial charge is 0.331 e. The number of phenolic OH excluding ortho intramolecular Hbond substituents is 1. The van der Waals surface area contributed by atoms with Crippen molar-refractivity contribution in [2.75, 3.05) is 7.11 Å². The summed E-state index contributed by atoms with van der Waals surface area (Å²) >= 11 is 0. The summed E-state index contributed by atoms with van der Waals surface area (Å²) in [4.78, 5) is 12.7. The third kappa shape index (κ3) is 6.32. The SMILES string of the molecule is CC[C@@H](CC[C@@H](C)[C@H]1CC[C@H]2[C@@H]3CC=C4C[C@H](OC(=O)/C=C\c5ccc(O)c(OC)c5)CC[C@]4(C)[C@H]3CC[C@]12C)C(C)C. The number of phenols is 1. The molecule has 0 spiro atoms. The quantitative estimate of drug-likeness (QED) is 0.167. The minimum absolute atomic E-state index is 0.0502. The highest BCUT2D eigenvalue weighted by Crippen LogP contribution is 2.67. The van der Waals surface area contributed by atoms with Gasteiger partial charge in [0.05, 0.1) is 7.11 Å². The first-order valence-electron chi connectivity index (χ1n) is 17.4. The molecule has 43 heavy (non-hydrogen) atoms. The second-order valence-electron chi connectivity index (χ2n) is 15.5. The Hall–Kier alpha value is -2.23. The van der Waals surface area contributed by atoms with Gasteiger partial charge in [0.2, 0.25) is 0 Å². The maximum Gasteiger partial charge on any atom is 0.331 e. The van der Waals surface area contributed by atoms with Gasteiger partial charge in [-0.3, -0.25) is 0 Å². The summed E-state index contributed by atoms with van der Waals surface area (Å²) in [5, 5.41) is 9.82. The molecule has 0 aliphatic heterocycles. The van der Waals surface area contributed by atoms with E-state index in [0.29, 0.717) is 11.2 Å². The number of carbonyl (C=O) groups excluding carboxylic acids is 1. The Morgan fingerprint density at radius 3 is 2.58 bits per heavy atom. The van der Waals surface area contributed by atoms with Gasteiger partial charge in [-0.25, -0.2) is 4.79 Å². The summed E-state index contributed by atoms with van der Waals surface area (Å²) in [6.07, 6.45) is 19.6. The highest BCUT2D eigenvalue weighted by Gasteiger charge is 2.59. The first-order chi connectivity index (χ1) is 20.5. The van der Waals surface area contributed by atoms with Crippen molar-refractivity contribution in [2.45, 2.75) is 118 Å². The van der Waals surface area contributed by atoms with E-state index in [1.54, 1.807) is 29.8 Å². The van der Waals surface area contributed by atoms with E-state index in [1.165, 1.54) is 64.6 Å². The monoisotopic (exact) mass is 590 g/mol. The van der Waals surface area contributed by atoms with E-state index in [1.807, 2.05) is 0 Å². The number of hydrogen-bond donors (Lipinski definition) is 1. The molecule has 0 unspecified atom stereocenters. The van der Waals surface area contributed by atoms with Crippen LogP contribution in [0.4, 0.5) is 0 Å². The molecule has 0 radical (unpaired) electrons. The van der Waals surface area contributed by atoms with Gasteiger partial charge in [-0.05, 0) is 127 Å². The van der Waals surface area contributed by atoms with E-state index in [0.717, 1.165) is 66.3 Å². The lowest BCUT2D eigenvalue weighted by Crippen LogP contribution is -2.51. The number of esters is 1. The van der Waals surface area contributed by atoms with Crippen LogP contribution in [0.1, 0.15) is 118 Å². The number of aromatic hydroxyl groups is 1. The minimum Gasteiger partial charge on any atom is -0.504 e. The van der Waals surface area contributed by atoms with Gasteiger partial charge < -0.3 is 14.6 Å². The zero-order valence-corrected chi connectivity index (χ0v) is 28.0. The molecule has 238 valence electrons. The Morgan fingerprint density at radius 2 is 1.86 bits per heavy atom. The molecule has 0 saturated heterocycles.